The maximum atomic E-state index is 5.61. The fraction of sp³-hybridized carbons (Fsp3) is 0.294. The zero-order valence-electron chi connectivity index (χ0n) is 12.3. The molecule has 0 fully saturated rings. The van der Waals surface area contributed by atoms with Gasteiger partial charge in [-0.05, 0) is 83.7 Å². The summed E-state index contributed by atoms with van der Waals surface area (Å²) in [7, 11) is 2.09. The van der Waals surface area contributed by atoms with Gasteiger partial charge >= 0.3 is 0 Å². The molecule has 20 heavy (non-hydrogen) atoms. The molecular weight excluding hydrogens is 312 g/mol. The van der Waals surface area contributed by atoms with Gasteiger partial charge in [0.1, 0.15) is 0 Å². The number of hydrogen-bond acceptors (Lipinski definition) is 2. The highest BCUT2D eigenvalue weighted by Gasteiger charge is 2.09. The Kier molecular flexibility index (Phi) is 4.84. The van der Waals surface area contributed by atoms with Crippen molar-refractivity contribution in [2.45, 2.75) is 20.3 Å². The molecule has 0 aliphatic rings. The van der Waals surface area contributed by atoms with Gasteiger partial charge in [-0.1, -0.05) is 12.1 Å². The maximum absolute atomic E-state index is 5.61. The Morgan fingerprint density at radius 2 is 1.70 bits per heavy atom. The number of benzene rings is 2. The van der Waals surface area contributed by atoms with E-state index in [0.717, 1.165) is 16.6 Å². The lowest BCUT2D eigenvalue weighted by atomic mass is 10.1. The first kappa shape index (κ1) is 15.1. The van der Waals surface area contributed by atoms with Gasteiger partial charge in [-0.25, -0.2) is 0 Å². The fourth-order valence-corrected chi connectivity index (χ4v) is 3.12. The minimum absolute atomic E-state index is 0.679. The summed E-state index contributed by atoms with van der Waals surface area (Å²) < 4.78 is 1.10. The van der Waals surface area contributed by atoms with E-state index in [-0.39, 0.29) is 0 Å². The Hall–Kier alpha value is -1.32. The number of nitrogens with zero attached hydrogens (tertiary/aromatic N) is 1. The predicted molar refractivity (Wildman–Crippen MR) is 90.9 cm³/mol. The largest absolute Gasteiger partial charge is 0.344 e. The highest BCUT2D eigenvalue weighted by molar-refractivity contribution is 9.10. The van der Waals surface area contributed by atoms with E-state index in [2.05, 4.69) is 78.1 Å². The summed E-state index contributed by atoms with van der Waals surface area (Å²) in [5.41, 5.74) is 11.8. The van der Waals surface area contributed by atoms with Crippen molar-refractivity contribution in [2.24, 2.45) is 5.73 Å². The molecule has 0 unspecified atom stereocenters. The molecule has 0 saturated heterocycles. The predicted octanol–water partition coefficient (Wildman–Crippen LogP) is 4.34. The number of nitrogens with two attached hydrogens (primary N) is 1. The first-order valence-corrected chi connectivity index (χ1v) is 7.61. The summed E-state index contributed by atoms with van der Waals surface area (Å²) in [5.74, 6) is 0. The second-order valence-corrected chi connectivity index (χ2v) is 6.08. The van der Waals surface area contributed by atoms with Gasteiger partial charge in [0, 0.05) is 17.2 Å². The second kappa shape index (κ2) is 6.42. The molecule has 0 radical (unpaired) electrons. The summed E-state index contributed by atoms with van der Waals surface area (Å²) in [6.45, 7) is 4.94. The molecule has 0 aromatic heterocycles. The van der Waals surface area contributed by atoms with E-state index in [0.29, 0.717) is 6.54 Å². The Morgan fingerprint density at radius 3 is 2.25 bits per heavy atom. The second-order valence-electron chi connectivity index (χ2n) is 5.23. The van der Waals surface area contributed by atoms with E-state index in [1.807, 2.05) is 0 Å². The van der Waals surface area contributed by atoms with Crippen LogP contribution in [0.2, 0.25) is 0 Å². The van der Waals surface area contributed by atoms with Crippen LogP contribution < -0.4 is 10.6 Å². The van der Waals surface area contributed by atoms with Crippen molar-refractivity contribution in [3.05, 3.63) is 57.6 Å². The summed E-state index contributed by atoms with van der Waals surface area (Å²) in [6.07, 6.45) is 0.909. The van der Waals surface area contributed by atoms with Crippen LogP contribution in [-0.2, 0) is 6.42 Å². The number of rotatable bonds is 4. The van der Waals surface area contributed by atoms with Crippen LogP contribution in [0.4, 0.5) is 11.4 Å². The summed E-state index contributed by atoms with van der Waals surface area (Å²) in [5, 5.41) is 0. The van der Waals surface area contributed by atoms with Crippen molar-refractivity contribution in [1.29, 1.82) is 0 Å². The normalized spacial score (nSPS) is 10.7. The standard InChI is InChI=1S/C17H21BrN2/c1-12-8-13(2)10-15(9-12)20(3)17-5-4-14(6-7-19)11-16(17)18/h4-5,8-11H,6-7,19H2,1-3H3. The van der Waals surface area contributed by atoms with Crippen molar-refractivity contribution in [2.75, 3.05) is 18.5 Å². The quantitative estimate of drug-likeness (QED) is 0.902. The number of hydrogen-bond donors (Lipinski definition) is 1. The van der Waals surface area contributed by atoms with Crippen molar-refractivity contribution in [3.8, 4) is 0 Å². The highest BCUT2D eigenvalue weighted by Crippen LogP contribution is 2.32. The number of halogens is 1. The van der Waals surface area contributed by atoms with Crippen LogP contribution in [0.3, 0.4) is 0 Å². The molecular formula is C17H21BrN2. The Labute approximate surface area is 129 Å². The Bertz CT molecular complexity index is 588. The van der Waals surface area contributed by atoms with E-state index >= 15 is 0 Å². The third kappa shape index (κ3) is 3.41. The van der Waals surface area contributed by atoms with Gasteiger partial charge in [-0.2, -0.15) is 0 Å². The molecule has 0 bridgehead atoms. The average Bonchev–Trinajstić information content (AvgIpc) is 2.37. The molecule has 2 nitrogen and oxygen atoms in total. The van der Waals surface area contributed by atoms with Crippen LogP contribution in [0.1, 0.15) is 16.7 Å². The zero-order valence-corrected chi connectivity index (χ0v) is 13.9. The van der Waals surface area contributed by atoms with E-state index in [1.165, 1.54) is 22.4 Å². The molecule has 2 N–H and O–H groups in total. The van der Waals surface area contributed by atoms with Crippen LogP contribution in [0.5, 0.6) is 0 Å². The zero-order chi connectivity index (χ0) is 14.7. The molecule has 3 heteroatoms. The fourth-order valence-electron chi connectivity index (χ4n) is 2.43. The SMILES string of the molecule is Cc1cc(C)cc(N(C)c2ccc(CCN)cc2Br)c1. The molecule has 0 saturated carbocycles. The van der Waals surface area contributed by atoms with E-state index < -0.39 is 0 Å². The van der Waals surface area contributed by atoms with Gasteiger partial charge in [0.2, 0.25) is 0 Å². The van der Waals surface area contributed by atoms with Crippen LogP contribution in [-0.4, -0.2) is 13.6 Å². The van der Waals surface area contributed by atoms with E-state index in [4.69, 9.17) is 5.73 Å². The minimum atomic E-state index is 0.679. The first-order valence-electron chi connectivity index (χ1n) is 6.82. The maximum Gasteiger partial charge on any atom is 0.0552 e. The Balaban J connectivity index is 2.35. The lowest BCUT2D eigenvalue weighted by Gasteiger charge is -2.22. The van der Waals surface area contributed by atoms with Gasteiger partial charge in [0.15, 0.2) is 0 Å². The van der Waals surface area contributed by atoms with Crippen molar-refractivity contribution < 1.29 is 0 Å². The van der Waals surface area contributed by atoms with Crippen molar-refractivity contribution >= 4 is 27.3 Å². The molecule has 0 aliphatic heterocycles. The molecule has 106 valence electrons. The molecule has 2 rings (SSSR count). The topological polar surface area (TPSA) is 29.3 Å². The van der Waals surface area contributed by atoms with Gasteiger partial charge in [-0.3, -0.25) is 0 Å². The molecule has 2 aromatic rings. The van der Waals surface area contributed by atoms with Crippen LogP contribution >= 0.6 is 15.9 Å². The van der Waals surface area contributed by atoms with E-state index in [9.17, 15) is 0 Å². The summed E-state index contributed by atoms with van der Waals surface area (Å²) in [4.78, 5) is 2.20. The van der Waals surface area contributed by atoms with Gasteiger partial charge in [-0.15, -0.1) is 0 Å². The minimum Gasteiger partial charge on any atom is -0.344 e. The van der Waals surface area contributed by atoms with Crippen LogP contribution in [0.25, 0.3) is 0 Å². The Morgan fingerprint density at radius 1 is 1.05 bits per heavy atom. The lowest BCUT2D eigenvalue weighted by Crippen LogP contribution is -2.11. The number of aryl methyl sites for hydroxylation is 2. The third-order valence-corrected chi connectivity index (χ3v) is 4.04. The van der Waals surface area contributed by atoms with Crippen LogP contribution in [0.15, 0.2) is 40.9 Å². The molecule has 0 atom stereocenters. The van der Waals surface area contributed by atoms with Crippen LogP contribution in [0, 0.1) is 13.8 Å². The summed E-state index contributed by atoms with van der Waals surface area (Å²) >= 11 is 3.67. The monoisotopic (exact) mass is 332 g/mol. The highest BCUT2D eigenvalue weighted by atomic mass is 79.9. The molecule has 0 spiro atoms. The summed E-state index contributed by atoms with van der Waals surface area (Å²) in [6, 6.07) is 13.0. The first-order chi connectivity index (χ1) is 9.51. The average molecular weight is 333 g/mol. The molecule has 0 aliphatic carbocycles. The smallest absolute Gasteiger partial charge is 0.0552 e. The third-order valence-electron chi connectivity index (χ3n) is 3.40. The van der Waals surface area contributed by atoms with Crippen molar-refractivity contribution in [1.82, 2.24) is 0 Å². The van der Waals surface area contributed by atoms with Gasteiger partial charge in [0.25, 0.3) is 0 Å². The molecule has 2 aromatic carbocycles. The molecule has 0 amide bonds. The van der Waals surface area contributed by atoms with E-state index in [1.54, 1.807) is 0 Å². The lowest BCUT2D eigenvalue weighted by molar-refractivity contribution is 0.967. The van der Waals surface area contributed by atoms with Gasteiger partial charge in [0.05, 0.1) is 5.69 Å². The van der Waals surface area contributed by atoms with Gasteiger partial charge < -0.3 is 10.6 Å². The van der Waals surface area contributed by atoms with Crippen molar-refractivity contribution in [3.63, 3.8) is 0 Å². The molecule has 0 heterocycles. The number of anilines is 2.